The van der Waals surface area contributed by atoms with Gasteiger partial charge in [-0.15, -0.1) is 11.3 Å². The largest absolute Gasteiger partial charge is 0.336 e. The van der Waals surface area contributed by atoms with E-state index < -0.39 is 0 Å². The maximum atomic E-state index is 11.7. The van der Waals surface area contributed by atoms with E-state index >= 15 is 0 Å². The molecule has 0 atom stereocenters. The number of azide groups is 1. The van der Waals surface area contributed by atoms with Crippen LogP contribution in [-0.4, -0.2) is 34.9 Å². The van der Waals surface area contributed by atoms with Crippen LogP contribution in [0.4, 0.5) is 0 Å². The van der Waals surface area contributed by atoms with E-state index in [1.54, 1.807) is 10.3 Å². The van der Waals surface area contributed by atoms with Gasteiger partial charge in [0.05, 0.1) is 11.0 Å². The SMILES string of the molecule is Cc1nc(C(=O)N2CC(N=[N+]=[N-])C2)cs1. The summed E-state index contributed by atoms with van der Waals surface area (Å²) in [7, 11) is 0. The van der Waals surface area contributed by atoms with E-state index in [1.165, 1.54) is 11.3 Å². The van der Waals surface area contributed by atoms with Crippen molar-refractivity contribution in [1.29, 1.82) is 0 Å². The van der Waals surface area contributed by atoms with E-state index in [9.17, 15) is 4.79 Å². The Balaban J connectivity index is 1.97. The molecule has 0 aliphatic carbocycles. The monoisotopic (exact) mass is 223 g/mol. The Bertz CT molecular complexity index is 430. The molecule has 1 aromatic rings. The number of amides is 1. The lowest BCUT2D eigenvalue weighted by Crippen LogP contribution is -2.52. The predicted octanol–water partition coefficient (Wildman–Crippen LogP) is 1.59. The number of nitrogens with zero attached hydrogens (tertiary/aromatic N) is 5. The summed E-state index contributed by atoms with van der Waals surface area (Å²) in [4.78, 5) is 20.2. The van der Waals surface area contributed by atoms with Gasteiger partial charge in [-0.05, 0) is 12.5 Å². The first-order chi connectivity index (χ1) is 7.20. The molecule has 2 rings (SSSR count). The Morgan fingerprint density at radius 3 is 3.07 bits per heavy atom. The number of hydrogen-bond acceptors (Lipinski definition) is 4. The van der Waals surface area contributed by atoms with E-state index in [0.29, 0.717) is 18.8 Å². The van der Waals surface area contributed by atoms with E-state index in [-0.39, 0.29) is 11.9 Å². The number of aromatic nitrogens is 1. The molecule has 0 N–H and O–H groups in total. The zero-order chi connectivity index (χ0) is 10.8. The minimum absolute atomic E-state index is 0.0707. The molecule has 1 aromatic heterocycles. The fraction of sp³-hybridized carbons (Fsp3) is 0.500. The Morgan fingerprint density at radius 2 is 2.53 bits per heavy atom. The molecule has 0 radical (unpaired) electrons. The Hall–Kier alpha value is -1.59. The Kier molecular flexibility index (Phi) is 2.57. The van der Waals surface area contributed by atoms with Crippen molar-refractivity contribution in [1.82, 2.24) is 9.88 Å². The summed E-state index contributed by atoms with van der Waals surface area (Å²) in [5, 5.41) is 6.16. The average Bonchev–Trinajstić information content (AvgIpc) is 2.56. The second-order valence-electron chi connectivity index (χ2n) is 3.32. The molecule has 1 amide bonds. The van der Waals surface area contributed by atoms with Gasteiger partial charge in [0.2, 0.25) is 0 Å². The number of carbonyl (C=O) groups excluding carboxylic acids is 1. The number of hydrogen-bond donors (Lipinski definition) is 0. The van der Waals surface area contributed by atoms with E-state index in [0.717, 1.165) is 5.01 Å². The van der Waals surface area contributed by atoms with Gasteiger partial charge in [-0.1, -0.05) is 5.11 Å². The molecule has 2 heterocycles. The minimum Gasteiger partial charge on any atom is -0.336 e. The second-order valence-corrected chi connectivity index (χ2v) is 4.38. The summed E-state index contributed by atoms with van der Waals surface area (Å²) >= 11 is 1.46. The van der Waals surface area contributed by atoms with Gasteiger partial charge in [0.1, 0.15) is 5.69 Å². The van der Waals surface area contributed by atoms with Crippen LogP contribution in [0, 0.1) is 6.92 Å². The molecule has 1 aliphatic heterocycles. The standard InChI is InChI=1S/C8H9N5OS/c1-5-10-7(4-15-5)8(14)13-2-6(3-13)11-12-9/h4,6H,2-3H2,1H3. The highest BCUT2D eigenvalue weighted by molar-refractivity contribution is 7.09. The fourth-order valence-electron chi connectivity index (χ4n) is 1.39. The second kappa shape index (κ2) is 3.88. The summed E-state index contributed by atoms with van der Waals surface area (Å²) in [6.07, 6.45) is 0. The molecule has 0 spiro atoms. The van der Waals surface area contributed by atoms with Crippen molar-refractivity contribution < 1.29 is 4.79 Å². The molecule has 15 heavy (non-hydrogen) atoms. The molecule has 0 saturated carbocycles. The van der Waals surface area contributed by atoms with Crippen molar-refractivity contribution in [2.45, 2.75) is 13.0 Å². The van der Waals surface area contributed by atoms with Crippen LogP contribution in [0.15, 0.2) is 10.5 Å². The number of thiazole rings is 1. The van der Waals surface area contributed by atoms with Gasteiger partial charge in [-0.25, -0.2) is 4.98 Å². The van der Waals surface area contributed by atoms with Crippen LogP contribution in [0.2, 0.25) is 0 Å². The first-order valence-electron chi connectivity index (χ1n) is 4.46. The van der Waals surface area contributed by atoms with Crippen LogP contribution in [-0.2, 0) is 0 Å². The maximum Gasteiger partial charge on any atom is 0.273 e. The third-order valence-corrected chi connectivity index (χ3v) is 2.98. The first-order valence-corrected chi connectivity index (χ1v) is 5.34. The molecule has 78 valence electrons. The van der Waals surface area contributed by atoms with Gasteiger partial charge in [0.15, 0.2) is 0 Å². The Labute approximate surface area is 90.2 Å². The molecule has 0 aromatic carbocycles. The summed E-state index contributed by atoms with van der Waals surface area (Å²) in [5.74, 6) is -0.0799. The lowest BCUT2D eigenvalue weighted by Gasteiger charge is -2.35. The molecule has 0 unspecified atom stereocenters. The summed E-state index contributed by atoms with van der Waals surface area (Å²) in [6.45, 7) is 2.86. The minimum atomic E-state index is -0.0799. The van der Waals surface area contributed by atoms with E-state index in [2.05, 4.69) is 15.0 Å². The van der Waals surface area contributed by atoms with Crippen LogP contribution in [0.3, 0.4) is 0 Å². The molecule has 1 fully saturated rings. The Morgan fingerprint density at radius 1 is 1.80 bits per heavy atom. The van der Waals surface area contributed by atoms with Crippen molar-refractivity contribution in [2.24, 2.45) is 5.11 Å². The van der Waals surface area contributed by atoms with Crippen molar-refractivity contribution >= 4 is 17.2 Å². The molecule has 1 saturated heterocycles. The first kappa shape index (κ1) is 9.95. The van der Waals surface area contributed by atoms with Crippen LogP contribution in [0.25, 0.3) is 10.4 Å². The molecule has 1 aliphatic rings. The molecular formula is C8H9N5OS. The average molecular weight is 223 g/mol. The highest BCUT2D eigenvalue weighted by Crippen LogP contribution is 2.17. The summed E-state index contributed by atoms with van der Waals surface area (Å²) < 4.78 is 0. The van der Waals surface area contributed by atoms with Crippen molar-refractivity contribution in [2.75, 3.05) is 13.1 Å². The van der Waals surface area contributed by atoms with Crippen LogP contribution in [0.5, 0.6) is 0 Å². The van der Waals surface area contributed by atoms with Gasteiger partial charge in [0, 0.05) is 23.4 Å². The lowest BCUT2D eigenvalue weighted by molar-refractivity contribution is 0.0603. The number of likely N-dealkylation sites (tertiary alicyclic amines) is 1. The predicted molar refractivity (Wildman–Crippen MR) is 55.7 cm³/mol. The van der Waals surface area contributed by atoms with Crippen molar-refractivity contribution in [3.05, 3.63) is 26.5 Å². The fourth-order valence-corrected chi connectivity index (χ4v) is 1.98. The van der Waals surface area contributed by atoms with Gasteiger partial charge in [-0.3, -0.25) is 4.79 Å². The summed E-state index contributed by atoms with van der Waals surface area (Å²) in [6, 6.07) is -0.0707. The van der Waals surface area contributed by atoms with Crippen LogP contribution in [0.1, 0.15) is 15.5 Å². The lowest BCUT2D eigenvalue weighted by atomic mass is 10.1. The van der Waals surface area contributed by atoms with Crippen molar-refractivity contribution in [3.63, 3.8) is 0 Å². The molecule has 0 bridgehead atoms. The van der Waals surface area contributed by atoms with E-state index in [4.69, 9.17) is 5.53 Å². The zero-order valence-corrected chi connectivity index (χ0v) is 8.94. The number of carbonyl (C=O) groups is 1. The van der Waals surface area contributed by atoms with Crippen LogP contribution >= 0.6 is 11.3 Å². The third kappa shape index (κ3) is 1.93. The third-order valence-electron chi connectivity index (χ3n) is 2.20. The highest BCUT2D eigenvalue weighted by atomic mass is 32.1. The highest BCUT2D eigenvalue weighted by Gasteiger charge is 2.31. The topological polar surface area (TPSA) is 82.0 Å². The molecule has 7 heteroatoms. The molecule has 6 nitrogen and oxygen atoms in total. The maximum absolute atomic E-state index is 11.7. The van der Waals surface area contributed by atoms with Gasteiger partial charge < -0.3 is 4.90 Å². The quantitative estimate of drug-likeness (QED) is 0.433. The molecular weight excluding hydrogens is 214 g/mol. The zero-order valence-electron chi connectivity index (χ0n) is 8.12. The van der Waals surface area contributed by atoms with Gasteiger partial charge in [0.25, 0.3) is 5.91 Å². The normalized spacial score (nSPS) is 15.7. The van der Waals surface area contributed by atoms with E-state index in [1.807, 2.05) is 6.92 Å². The number of rotatable bonds is 2. The van der Waals surface area contributed by atoms with Gasteiger partial charge >= 0.3 is 0 Å². The van der Waals surface area contributed by atoms with Gasteiger partial charge in [-0.2, -0.15) is 0 Å². The van der Waals surface area contributed by atoms with Crippen LogP contribution < -0.4 is 0 Å². The number of aryl methyl sites for hydroxylation is 1. The smallest absolute Gasteiger partial charge is 0.273 e. The van der Waals surface area contributed by atoms with Crippen molar-refractivity contribution in [3.8, 4) is 0 Å². The summed E-state index contributed by atoms with van der Waals surface area (Å²) in [5.41, 5.74) is 8.67.